The fraction of sp³-hybridized carbons (Fsp3) is 0.900. The molecule has 1 saturated carbocycles. The van der Waals surface area contributed by atoms with Crippen molar-refractivity contribution in [3.05, 3.63) is 0 Å². The van der Waals surface area contributed by atoms with Gasteiger partial charge < -0.3 is 10.6 Å². The van der Waals surface area contributed by atoms with Gasteiger partial charge in [0.25, 0.3) is 0 Å². The van der Waals surface area contributed by atoms with Crippen LogP contribution in [0, 0.1) is 5.92 Å². The van der Waals surface area contributed by atoms with Crippen LogP contribution in [-0.4, -0.2) is 43.0 Å². The molecule has 2 rings (SSSR count). The molecular formula is C10H19N3O. The van der Waals surface area contributed by atoms with E-state index in [2.05, 4.69) is 24.3 Å². The predicted molar refractivity (Wildman–Crippen MR) is 54.7 cm³/mol. The third-order valence-electron chi connectivity index (χ3n) is 3.56. The standard InChI is InChI=1S/C10H19N3O/c1-13(2)4-3-10-6-7(10)5-8(12-10)9(11)14/h7-8,12H,3-6H2,1-2H3,(H2,11,14). The van der Waals surface area contributed by atoms with Crippen molar-refractivity contribution in [3.63, 3.8) is 0 Å². The van der Waals surface area contributed by atoms with Gasteiger partial charge in [0.15, 0.2) is 0 Å². The van der Waals surface area contributed by atoms with Crippen molar-refractivity contribution < 1.29 is 4.79 Å². The molecule has 14 heavy (non-hydrogen) atoms. The molecule has 0 aromatic carbocycles. The van der Waals surface area contributed by atoms with Gasteiger partial charge in [-0.05, 0) is 45.8 Å². The zero-order chi connectivity index (χ0) is 10.3. The SMILES string of the molecule is CN(C)CCC12CC1CC(C(N)=O)N2. The molecule has 1 saturated heterocycles. The van der Waals surface area contributed by atoms with Gasteiger partial charge in [0.05, 0.1) is 6.04 Å². The molecule has 1 amide bonds. The second kappa shape index (κ2) is 3.21. The third kappa shape index (κ3) is 1.64. The average Bonchev–Trinajstić information content (AvgIpc) is 2.66. The maximum Gasteiger partial charge on any atom is 0.234 e. The maximum absolute atomic E-state index is 11.0. The van der Waals surface area contributed by atoms with Crippen LogP contribution in [0.2, 0.25) is 0 Å². The van der Waals surface area contributed by atoms with Crippen LogP contribution in [-0.2, 0) is 4.79 Å². The maximum atomic E-state index is 11.0. The molecule has 1 aliphatic carbocycles. The summed E-state index contributed by atoms with van der Waals surface area (Å²) in [5.74, 6) is 0.501. The second-order valence-electron chi connectivity index (χ2n) is 4.95. The minimum atomic E-state index is -0.193. The minimum Gasteiger partial charge on any atom is -0.368 e. The lowest BCUT2D eigenvalue weighted by Gasteiger charge is -2.19. The van der Waals surface area contributed by atoms with Crippen molar-refractivity contribution in [2.24, 2.45) is 11.7 Å². The zero-order valence-corrected chi connectivity index (χ0v) is 8.92. The Hall–Kier alpha value is -0.610. The number of primary amides is 1. The highest BCUT2D eigenvalue weighted by molar-refractivity contribution is 5.80. The number of nitrogens with two attached hydrogens (primary N) is 1. The summed E-state index contributed by atoms with van der Waals surface area (Å²) in [4.78, 5) is 13.2. The fourth-order valence-electron chi connectivity index (χ4n) is 2.55. The first kappa shape index (κ1) is 9.93. The van der Waals surface area contributed by atoms with Gasteiger partial charge in [-0.15, -0.1) is 0 Å². The number of rotatable bonds is 4. The molecule has 4 heteroatoms. The number of carbonyl (C=O) groups is 1. The molecule has 4 nitrogen and oxygen atoms in total. The van der Waals surface area contributed by atoms with Crippen molar-refractivity contribution in [2.45, 2.75) is 30.8 Å². The summed E-state index contributed by atoms with van der Waals surface area (Å²) in [6.07, 6.45) is 3.31. The van der Waals surface area contributed by atoms with E-state index >= 15 is 0 Å². The molecule has 1 heterocycles. The van der Waals surface area contributed by atoms with E-state index in [-0.39, 0.29) is 17.5 Å². The van der Waals surface area contributed by atoms with Gasteiger partial charge in [-0.2, -0.15) is 0 Å². The minimum absolute atomic E-state index is 0.0732. The summed E-state index contributed by atoms with van der Waals surface area (Å²) in [6, 6.07) is -0.0732. The van der Waals surface area contributed by atoms with Crippen molar-refractivity contribution in [1.82, 2.24) is 10.2 Å². The van der Waals surface area contributed by atoms with E-state index in [1.54, 1.807) is 0 Å². The molecule has 0 aromatic heterocycles. The van der Waals surface area contributed by atoms with Gasteiger partial charge in [-0.25, -0.2) is 0 Å². The Kier molecular flexibility index (Phi) is 2.27. The summed E-state index contributed by atoms with van der Waals surface area (Å²) >= 11 is 0. The Balaban J connectivity index is 1.86. The van der Waals surface area contributed by atoms with Crippen molar-refractivity contribution >= 4 is 5.91 Å². The lowest BCUT2D eigenvalue weighted by Crippen LogP contribution is -2.44. The van der Waals surface area contributed by atoms with Gasteiger partial charge in [-0.3, -0.25) is 10.1 Å². The van der Waals surface area contributed by atoms with Gasteiger partial charge in [0.1, 0.15) is 0 Å². The van der Waals surface area contributed by atoms with Crippen LogP contribution in [0.5, 0.6) is 0 Å². The Morgan fingerprint density at radius 2 is 2.36 bits per heavy atom. The molecule has 2 aliphatic rings. The first-order chi connectivity index (χ1) is 6.53. The molecule has 0 radical (unpaired) electrons. The van der Waals surface area contributed by atoms with Gasteiger partial charge in [0.2, 0.25) is 5.91 Å². The van der Waals surface area contributed by atoms with E-state index in [1.165, 1.54) is 6.42 Å². The molecule has 0 bridgehead atoms. The van der Waals surface area contributed by atoms with E-state index in [4.69, 9.17) is 5.73 Å². The van der Waals surface area contributed by atoms with E-state index in [0.29, 0.717) is 5.92 Å². The molecule has 80 valence electrons. The van der Waals surface area contributed by atoms with E-state index < -0.39 is 0 Å². The molecule has 0 aromatic rings. The van der Waals surface area contributed by atoms with E-state index in [9.17, 15) is 4.79 Å². The first-order valence-electron chi connectivity index (χ1n) is 5.25. The molecule has 3 unspecified atom stereocenters. The normalized spacial score (nSPS) is 39.9. The van der Waals surface area contributed by atoms with Crippen LogP contribution < -0.4 is 11.1 Å². The number of nitrogens with one attached hydrogen (secondary N) is 1. The largest absolute Gasteiger partial charge is 0.368 e. The van der Waals surface area contributed by atoms with E-state index in [0.717, 1.165) is 19.4 Å². The van der Waals surface area contributed by atoms with Crippen molar-refractivity contribution in [1.29, 1.82) is 0 Å². The summed E-state index contributed by atoms with van der Waals surface area (Å²) < 4.78 is 0. The quantitative estimate of drug-likeness (QED) is 0.641. The number of hydrogen-bond acceptors (Lipinski definition) is 3. The van der Waals surface area contributed by atoms with Crippen LogP contribution in [0.1, 0.15) is 19.3 Å². The lowest BCUT2D eigenvalue weighted by atomic mass is 10.1. The van der Waals surface area contributed by atoms with Crippen LogP contribution in [0.3, 0.4) is 0 Å². The van der Waals surface area contributed by atoms with Crippen LogP contribution >= 0.6 is 0 Å². The summed E-state index contributed by atoms with van der Waals surface area (Å²) in [6.45, 7) is 1.08. The molecule has 1 aliphatic heterocycles. The Bertz CT molecular complexity index is 254. The molecule has 3 atom stereocenters. The fourth-order valence-corrected chi connectivity index (χ4v) is 2.55. The van der Waals surface area contributed by atoms with Gasteiger partial charge in [0, 0.05) is 5.54 Å². The Morgan fingerprint density at radius 1 is 1.64 bits per heavy atom. The van der Waals surface area contributed by atoms with Crippen LogP contribution in [0.25, 0.3) is 0 Å². The number of amides is 1. The van der Waals surface area contributed by atoms with Crippen LogP contribution in [0.4, 0.5) is 0 Å². The number of hydrogen-bond donors (Lipinski definition) is 2. The Morgan fingerprint density at radius 3 is 2.86 bits per heavy atom. The van der Waals surface area contributed by atoms with Crippen LogP contribution in [0.15, 0.2) is 0 Å². The number of nitrogens with zero attached hydrogens (tertiary/aromatic N) is 1. The van der Waals surface area contributed by atoms with Gasteiger partial charge >= 0.3 is 0 Å². The smallest absolute Gasteiger partial charge is 0.234 e. The molecule has 3 N–H and O–H groups in total. The summed E-state index contributed by atoms with van der Waals surface area (Å²) in [7, 11) is 4.16. The third-order valence-corrected chi connectivity index (χ3v) is 3.56. The molecular weight excluding hydrogens is 178 g/mol. The highest BCUT2D eigenvalue weighted by Crippen LogP contribution is 2.53. The highest BCUT2D eigenvalue weighted by Gasteiger charge is 2.60. The lowest BCUT2D eigenvalue weighted by molar-refractivity contribution is -0.120. The first-order valence-corrected chi connectivity index (χ1v) is 5.25. The molecule has 2 fully saturated rings. The monoisotopic (exact) mass is 197 g/mol. The second-order valence-corrected chi connectivity index (χ2v) is 4.95. The molecule has 0 spiro atoms. The van der Waals surface area contributed by atoms with Gasteiger partial charge in [-0.1, -0.05) is 0 Å². The van der Waals surface area contributed by atoms with E-state index in [1.807, 2.05) is 0 Å². The average molecular weight is 197 g/mol. The highest BCUT2D eigenvalue weighted by atomic mass is 16.1. The summed E-state index contributed by atoms with van der Waals surface area (Å²) in [5, 5.41) is 3.40. The van der Waals surface area contributed by atoms with Crippen molar-refractivity contribution in [2.75, 3.05) is 20.6 Å². The number of fused-ring (bicyclic) bond motifs is 1. The predicted octanol–water partition coefficient (Wildman–Crippen LogP) is -0.456. The zero-order valence-electron chi connectivity index (χ0n) is 8.92. The number of carbonyl (C=O) groups excluding carboxylic acids is 1. The topological polar surface area (TPSA) is 58.4 Å². The summed E-state index contributed by atoms with van der Waals surface area (Å²) in [5.41, 5.74) is 5.54. The Labute approximate surface area is 84.8 Å². The van der Waals surface area contributed by atoms with Crippen molar-refractivity contribution in [3.8, 4) is 0 Å². The number of piperidine rings is 1.